The van der Waals surface area contributed by atoms with Gasteiger partial charge in [-0.25, -0.2) is 0 Å². The second-order valence-electron chi connectivity index (χ2n) is 5.10. The molecule has 3 rings (SSSR count). The molecular formula is C20H17NOS. The molecule has 0 saturated heterocycles. The number of anilines is 1. The zero-order valence-corrected chi connectivity index (χ0v) is 13.4. The lowest BCUT2D eigenvalue weighted by atomic mass is 10.0. The summed E-state index contributed by atoms with van der Waals surface area (Å²) in [5, 5.41) is 3.48. The SMILES string of the molecule is S=C(Nc1ccccc1)OC(c1ccccc1)c1ccccc1. The fraction of sp³-hybridized carbons (Fsp3) is 0.0500. The largest absolute Gasteiger partial charge is 0.458 e. The Morgan fingerprint density at radius 2 is 1.13 bits per heavy atom. The summed E-state index contributed by atoms with van der Waals surface area (Å²) in [5.41, 5.74) is 3.05. The Bertz CT molecular complexity index is 705. The summed E-state index contributed by atoms with van der Waals surface area (Å²) in [7, 11) is 0. The van der Waals surface area contributed by atoms with Crippen molar-refractivity contribution in [1.82, 2.24) is 0 Å². The summed E-state index contributed by atoms with van der Waals surface area (Å²) < 4.78 is 6.05. The van der Waals surface area contributed by atoms with Crippen LogP contribution in [0.3, 0.4) is 0 Å². The van der Waals surface area contributed by atoms with Crippen molar-refractivity contribution in [2.75, 3.05) is 5.32 Å². The third kappa shape index (κ3) is 4.18. The molecule has 0 saturated carbocycles. The van der Waals surface area contributed by atoms with Gasteiger partial charge in [0, 0.05) is 5.69 Å². The van der Waals surface area contributed by atoms with E-state index >= 15 is 0 Å². The van der Waals surface area contributed by atoms with Crippen LogP contribution in [0.4, 0.5) is 5.69 Å². The molecule has 0 bridgehead atoms. The fourth-order valence-electron chi connectivity index (χ4n) is 2.36. The first kappa shape index (κ1) is 15.3. The average molecular weight is 319 g/mol. The topological polar surface area (TPSA) is 21.3 Å². The molecule has 114 valence electrons. The number of benzene rings is 3. The normalized spacial score (nSPS) is 10.3. The number of nitrogens with one attached hydrogen (secondary N) is 1. The molecule has 0 aliphatic carbocycles. The number of rotatable bonds is 4. The van der Waals surface area contributed by atoms with Gasteiger partial charge in [0.2, 0.25) is 0 Å². The van der Waals surface area contributed by atoms with Crippen LogP contribution in [0.2, 0.25) is 0 Å². The van der Waals surface area contributed by atoms with E-state index in [0.717, 1.165) is 16.8 Å². The van der Waals surface area contributed by atoms with Crippen molar-refractivity contribution in [2.24, 2.45) is 0 Å². The molecule has 0 amide bonds. The van der Waals surface area contributed by atoms with Gasteiger partial charge < -0.3 is 10.1 Å². The monoisotopic (exact) mass is 319 g/mol. The van der Waals surface area contributed by atoms with Crippen molar-refractivity contribution in [3.8, 4) is 0 Å². The van der Waals surface area contributed by atoms with Crippen molar-refractivity contribution in [2.45, 2.75) is 6.10 Å². The molecule has 3 aromatic rings. The van der Waals surface area contributed by atoms with E-state index < -0.39 is 0 Å². The summed E-state index contributed by atoms with van der Waals surface area (Å²) in [6.45, 7) is 0. The Kier molecular flexibility index (Phi) is 5.02. The molecule has 0 atom stereocenters. The summed E-state index contributed by atoms with van der Waals surface area (Å²) in [6.07, 6.45) is -0.235. The van der Waals surface area contributed by atoms with E-state index in [1.54, 1.807) is 0 Å². The molecule has 0 heterocycles. The standard InChI is InChI=1S/C20H17NOS/c23-20(21-18-14-8-3-9-15-18)22-19(16-10-4-1-5-11-16)17-12-6-2-7-13-17/h1-15,19H,(H,21,23). The van der Waals surface area contributed by atoms with E-state index in [9.17, 15) is 0 Å². The van der Waals surface area contributed by atoms with Crippen molar-refractivity contribution >= 4 is 23.1 Å². The van der Waals surface area contributed by atoms with Gasteiger partial charge in [0.15, 0.2) is 6.10 Å². The maximum Gasteiger partial charge on any atom is 0.262 e. The highest BCUT2D eigenvalue weighted by Crippen LogP contribution is 2.26. The van der Waals surface area contributed by atoms with Crippen LogP contribution >= 0.6 is 12.2 Å². The molecule has 0 aliphatic heterocycles. The van der Waals surface area contributed by atoms with Gasteiger partial charge >= 0.3 is 0 Å². The molecule has 0 aliphatic rings. The Balaban J connectivity index is 1.81. The van der Waals surface area contributed by atoms with E-state index in [-0.39, 0.29) is 6.10 Å². The first-order chi connectivity index (χ1) is 11.3. The quantitative estimate of drug-likeness (QED) is 0.669. The number of ether oxygens (including phenoxy) is 1. The highest BCUT2D eigenvalue weighted by atomic mass is 32.1. The predicted octanol–water partition coefficient (Wildman–Crippen LogP) is 5.19. The minimum atomic E-state index is -0.235. The molecule has 3 aromatic carbocycles. The lowest BCUT2D eigenvalue weighted by Crippen LogP contribution is -2.18. The third-order valence-corrected chi connectivity index (χ3v) is 3.65. The second-order valence-corrected chi connectivity index (χ2v) is 5.47. The van der Waals surface area contributed by atoms with Crippen molar-refractivity contribution < 1.29 is 4.74 Å². The molecule has 0 unspecified atom stereocenters. The van der Waals surface area contributed by atoms with Crippen molar-refractivity contribution in [3.63, 3.8) is 0 Å². The Labute approximate surface area is 141 Å². The van der Waals surface area contributed by atoms with Crippen LogP contribution in [-0.2, 0) is 4.74 Å². The van der Waals surface area contributed by atoms with Gasteiger partial charge in [0.25, 0.3) is 5.17 Å². The van der Waals surface area contributed by atoms with E-state index in [0.29, 0.717) is 5.17 Å². The Hall–Kier alpha value is -2.65. The molecular weight excluding hydrogens is 302 g/mol. The van der Waals surface area contributed by atoms with Gasteiger partial charge in [-0.05, 0) is 35.5 Å². The Morgan fingerprint density at radius 1 is 0.696 bits per heavy atom. The van der Waals surface area contributed by atoms with Gasteiger partial charge in [0.05, 0.1) is 0 Å². The first-order valence-corrected chi connectivity index (χ1v) is 7.86. The number of thiocarbonyl (C=S) groups is 1. The van der Waals surface area contributed by atoms with Crippen LogP contribution in [0, 0.1) is 0 Å². The molecule has 0 radical (unpaired) electrons. The second kappa shape index (κ2) is 7.56. The first-order valence-electron chi connectivity index (χ1n) is 7.45. The molecule has 0 fully saturated rings. The van der Waals surface area contributed by atoms with Gasteiger partial charge in [-0.1, -0.05) is 78.9 Å². The van der Waals surface area contributed by atoms with Crippen LogP contribution in [0.1, 0.15) is 17.2 Å². The summed E-state index contributed by atoms with van der Waals surface area (Å²) in [4.78, 5) is 0. The molecule has 3 heteroatoms. The van der Waals surface area contributed by atoms with Crippen LogP contribution < -0.4 is 5.32 Å². The van der Waals surface area contributed by atoms with Crippen LogP contribution in [0.25, 0.3) is 0 Å². The third-order valence-electron chi connectivity index (χ3n) is 3.45. The lowest BCUT2D eigenvalue weighted by Gasteiger charge is -2.21. The molecule has 1 N–H and O–H groups in total. The van der Waals surface area contributed by atoms with Crippen LogP contribution in [0.15, 0.2) is 91.0 Å². The fourth-order valence-corrected chi connectivity index (χ4v) is 2.57. The zero-order valence-electron chi connectivity index (χ0n) is 12.6. The van der Waals surface area contributed by atoms with Crippen LogP contribution in [0.5, 0.6) is 0 Å². The van der Waals surface area contributed by atoms with E-state index in [2.05, 4.69) is 5.32 Å². The predicted molar refractivity (Wildman–Crippen MR) is 98.5 cm³/mol. The lowest BCUT2D eigenvalue weighted by molar-refractivity contribution is 0.239. The van der Waals surface area contributed by atoms with Crippen LogP contribution in [-0.4, -0.2) is 5.17 Å². The smallest absolute Gasteiger partial charge is 0.262 e. The Morgan fingerprint density at radius 3 is 1.61 bits per heavy atom. The highest BCUT2D eigenvalue weighted by molar-refractivity contribution is 7.80. The minimum absolute atomic E-state index is 0.235. The van der Waals surface area contributed by atoms with Gasteiger partial charge in [-0.3, -0.25) is 0 Å². The average Bonchev–Trinajstić information content (AvgIpc) is 2.62. The summed E-state index contributed by atoms with van der Waals surface area (Å²) in [5.74, 6) is 0. The molecule has 0 aromatic heterocycles. The zero-order chi connectivity index (χ0) is 15.9. The van der Waals surface area contributed by atoms with E-state index in [4.69, 9.17) is 17.0 Å². The molecule has 23 heavy (non-hydrogen) atoms. The van der Waals surface area contributed by atoms with Gasteiger partial charge in [-0.15, -0.1) is 0 Å². The minimum Gasteiger partial charge on any atom is -0.458 e. The van der Waals surface area contributed by atoms with E-state index in [1.165, 1.54) is 0 Å². The molecule has 2 nitrogen and oxygen atoms in total. The number of hydrogen-bond acceptors (Lipinski definition) is 2. The number of hydrogen-bond donors (Lipinski definition) is 1. The summed E-state index contributed by atoms with van der Waals surface area (Å²) >= 11 is 5.38. The number of para-hydroxylation sites is 1. The van der Waals surface area contributed by atoms with E-state index in [1.807, 2.05) is 91.0 Å². The summed E-state index contributed by atoms with van der Waals surface area (Å²) in [6, 6.07) is 30.0. The molecule has 0 spiro atoms. The van der Waals surface area contributed by atoms with Crippen molar-refractivity contribution in [1.29, 1.82) is 0 Å². The maximum absolute atomic E-state index is 6.05. The van der Waals surface area contributed by atoms with Gasteiger partial charge in [0.1, 0.15) is 0 Å². The van der Waals surface area contributed by atoms with Crippen molar-refractivity contribution in [3.05, 3.63) is 102 Å². The maximum atomic E-state index is 6.05. The van der Waals surface area contributed by atoms with Gasteiger partial charge in [-0.2, -0.15) is 0 Å². The highest BCUT2D eigenvalue weighted by Gasteiger charge is 2.17.